The Morgan fingerprint density at radius 1 is 1.14 bits per heavy atom. The first-order chi connectivity index (χ1) is 13.5. The lowest BCUT2D eigenvalue weighted by Crippen LogP contribution is -2.57. The molecule has 1 aromatic rings. The molecule has 1 saturated heterocycles. The Morgan fingerprint density at radius 3 is 2.64 bits per heavy atom. The standard InChI is InChI=1S/C20H29NO7/c1-12-16(22)17(23)18(24)20(27-12)28-21-15-9-5-8-14(10-15)19(25)26-11-13-6-3-2-4-7-13/h5,8-10,12-13,16-18,20-24H,2-4,6-7,11H2,1H3/t12-,16+,17+,18-,20?/m0/s1. The van der Waals surface area contributed by atoms with Crippen molar-refractivity contribution in [3.05, 3.63) is 29.8 Å². The van der Waals surface area contributed by atoms with Gasteiger partial charge in [-0.05, 0) is 43.9 Å². The van der Waals surface area contributed by atoms with Crippen LogP contribution in [0.5, 0.6) is 0 Å². The van der Waals surface area contributed by atoms with Crippen molar-refractivity contribution in [2.24, 2.45) is 5.92 Å². The zero-order valence-corrected chi connectivity index (χ0v) is 16.0. The van der Waals surface area contributed by atoms with Crippen LogP contribution < -0.4 is 5.48 Å². The number of esters is 1. The second kappa shape index (κ2) is 9.67. The zero-order chi connectivity index (χ0) is 20.1. The van der Waals surface area contributed by atoms with Gasteiger partial charge in [-0.1, -0.05) is 25.3 Å². The van der Waals surface area contributed by atoms with Crippen molar-refractivity contribution in [3.63, 3.8) is 0 Å². The second-order valence-electron chi connectivity index (χ2n) is 7.58. The topological polar surface area (TPSA) is 117 Å². The lowest BCUT2D eigenvalue weighted by molar-refractivity contribution is -0.286. The monoisotopic (exact) mass is 395 g/mol. The highest BCUT2D eigenvalue weighted by Gasteiger charge is 2.42. The number of nitrogens with one attached hydrogen (secondary N) is 1. The lowest BCUT2D eigenvalue weighted by atomic mass is 9.90. The minimum Gasteiger partial charge on any atom is -0.462 e. The van der Waals surface area contributed by atoms with Crippen LogP contribution in [0.25, 0.3) is 0 Å². The Kier molecular flexibility index (Phi) is 7.25. The average Bonchev–Trinajstić information content (AvgIpc) is 2.73. The third-order valence-corrected chi connectivity index (χ3v) is 5.37. The van der Waals surface area contributed by atoms with Crippen LogP contribution in [0, 0.1) is 5.92 Å². The molecule has 1 aliphatic carbocycles. The summed E-state index contributed by atoms with van der Waals surface area (Å²) in [7, 11) is 0. The molecule has 1 saturated carbocycles. The summed E-state index contributed by atoms with van der Waals surface area (Å²) in [6, 6.07) is 6.60. The van der Waals surface area contributed by atoms with E-state index in [9.17, 15) is 20.1 Å². The summed E-state index contributed by atoms with van der Waals surface area (Å²) in [5.41, 5.74) is 3.47. The zero-order valence-electron chi connectivity index (χ0n) is 16.0. The number of benzene rings is 1. The minimum atomic E-state index is -1.41. The van der Waals surface area contributed by atoms with Crippen LogP contribution in [0.3, 0.4) is 0 Å². The highest BCUT2D eigenvalue weighted by Crippen LogP contribution is 2.25. The number of rotatable bonds is 6. The average molecular weight is 395 g/mol. The molecule has 1 heterocycles. The summed E-state index contributed by atoms with van der Waals surface area (Å²) in [5.74, 6) is 0.0476. The fraction of sp³-hybridized carbons (Fsp3) is 0.650. The molecule has 0 bridgehead atoms. The predicted molar refractivity (Wildman–Crippen MR) is 100 cm³/mol. The largest absolute Gasteiger partial charge is 0.462 e. The molecule has 5 atom stereocenters. The molecule has 0 spiro atoms. The molecular formula is C20H29NO7. The SMILES string of the molecule is C[C@@H]1OC(ONc2cccc(C(=O)OCC3CCCCC3)c2)[C@@H](O)[C@H](O)[C@@H]1O. The van der Waals surface area contributed by atoms with E-state index >= 15 is 0 Å². The van der Waals surface area contributed by atoms with E-state index in [1.54, 1.807) is 31.2 Å². The molecule has 2 fully saturated rings. The lowest BCUT2D eigenvalue weighted by Gasteiger charge is -2.38. The third-order valence-electron chi connectivity index (χ3n) is 5.37. The number of carbonyl (C=O) groups is 1. The smallest absolute Gasteiger partial charge is 0.338 e. The van der Waals surface area contributed by atoms with Gasteiger partial charge < -0.3 is 24.8 Å². The summed E-state index contributed by atoms with van der Waals surface area (Å²) < 4.78 is 10.8. The second-order valence-corrected chi connectivity index (χ2v) is 7.58. The molecule has 156 valence electrons. The third kappa shape index (κ3) is 5.21. The molecule has 8 nitrogen and oxygen atoms in total. The van der Waals surface area contributed by atoms with E-state index in [0.717, 1.165) is 12.8 Å². The summed E-state index contributed by atoms with van der Waals surface area (Å²) in [6.07, 6.45) is -0.0161. The number of ether oxygens (including phenoxy) is 2. The van der Waals surface area contributed by atoms with Crippen molar-refractivity contribution < 1.29 is 34.4 Å². The predicted octanol–water partition coefficient (Wildman–Crippen LogP) is 1.59. The first-order valence-electron chi connectivity index (χ1n) is 9.84. The van der Waals surface area contributed by atoms with Crippen LogP contribution in [0.4, 0.5) is 5.69 Å². The molecule has 1 aromatic carbocycles. The van der Waals surface area contributed by atoms with E-state index < -0.39 is 36.7 Å². The van der Waals surface area contributed by atoms with E-state index in [1.807, 2.05) is 0 Å². The van der Waals surface area contributed by atoms with Gasteiger partial charge in [-0.25, -0.2) is 9.63 Å². The van der Waals surface area contributed by atoms with E-state index in [2.05, 4.69) is 5.48 Å². The maximum Gasteiger partial charge on any atom is 0.338 e. The molecule has 1 unspecified atom stereocenters. The molecular weight excluding hydrogens is 366 g/mol. The summed E-state index contributed by atoms with van der Waals surface area (Å²) in [5, 5.41) is 29.5. The van der Waals surface area contributed by atoms with E-state index in [-0.39, 0.29) is 0 Å². The highest BCUT2D eigenvalue weighted by molar-refractivity contribution is 5.90. The number of carbonyl (C=O) groups excluding carboxylic acids is 1. The fourth-order valence-electron chi connectivity index (χ4n) is 3.58. The van der Waals surface area contributed by atoms with Gasteiger partial charge in [0.15, 0.2) is 0 Å². The highest BCUT2D eigenvalue weighted by atomic mass is 16.8. The molecule has 4 N–H and O–H groups in total. The van der Waals surface area contributed by atoms with Crippen molar-refractivity contribution in [1.82, 2.24) is 0 Å². The molecule has 3 rings (SSSR count). The molecule has 8 heteroatoms. The van der Waals surface area contributed by atoms with Gasteiger partial charge >= 0.3 is 5.97 Å². The summed E-state index contributed by atoms with van der Waals surface area (Å²) in [4.78, 5) is 17.6. The van der Waals surface area contributed by atoms with Gasteiger partial charge in [0.2, 0.25) is 6.29 Å². The van der Waals surface area contributed by atoms with E-state index in [0.29, 0.717) is 23.8 Å². The normalized spacial score (nSPS) is 31.4. The minimum absolute atomic E-state index is 0.387. The van der Waals surface area contributed by atoms with Gasteiger partial charge in [0, 0.05) is 0 Å². The van der Waals surface area contributed by atoms with Crippen LogP contribution in [0.2, 0.25) is 0 Å². The molecule has 2 aliphatic rings. The summed E-state index contributed by atoms with van der Waals surface area (Å²) >= 11 is 0. The van der Waals surface area contributed by atoms with Gasteiger partial charge in [-0.3, -0.25) is 5.48 Å². The van der Waals surface area contributed by atoms with Gasteiger partial charge in [0.05, 0.1) is 24.0 Å². The number of hydrogen-bond acceptors (Lipinski definition) is 8. The molecule has 0 amide bonds. The van der Waals surface area contributed by atoms with Gasteiger partial charge in [0.1, 0.15) is 18.3 Å². The van der Waals surface area contributed by atoms with E-state index in [1.165, 1.54) is 19.3 Å². The van der Waals surface area contributed by atoms with Crippen LogP contribution in [0.1, 0.15) is 49.4 Å². The van der Waals surface area contributed by atoms with Crippen molar-refractivity contribution >= 4 is 11.7 Å². The molecule has 0 aromatic heterocycles. The van der Waals surface area contributed by atoms with Gasteiger partial charge in [-0.2, -0.15) is 0 Å². The first-order valence-corrected chi connectivity index (χ1v) is 9.84. The van der Waals surface area contributed by atoms with Crippen LogP contribution in [-0.4, -0.2) is 58.6 Å². The van der Waals surface area contributed by atoms with E-state index in [4.69, 9.17) is 14.3 Å². The Balaban J connectivity index is 1.52. The Morgan fingerprint density at radius 2 is 1.89 bits per heavy atom. The van der Waals surface area contributed by atoms with Crippen LogP contribution >= 0.6 is 0 Å². The Hall–Kier alpha value is -1.71. The van der Waals surface area contributed by atoms with Crippen LogP contribution in [0.15, 0.2) is 24.3 Å². The maximum absolute atomic E-state index is 12.3. The maximum atomic E-state index is 12.3. The van der Waals surface area contributed by atoms with Crippen molar-refractivity contribution in [3.8, 4) is 0 Å². The number of aliphatic hydroxyl groups excluding tert-OH is 3. The van der Waals surface area contributed by atoms with Gasteiger partial charge in [-0.15, -0.1) is 0 Å². The Labute approximate surface area is 164 Å². The van der Waals surface area contributed by atoms with Crippen molar-refractivity contribution in [2.45, 2.75) is 69.7 Å². The Bertz CT molecular complexity index is 649. The quantitative estimate of drug-likeness (QED) is 0.424. The van der Waals surface area contributed by atoms with Crippen molar-refractivity contribution in [1.29, 1.82) is 0 Å². The van der Waals surface area contributed by atoms with Crippen molar-refractivity contribution in [2.75, 3.05) is 12.1 Å². The fourth-order valence-corrected chi connectivity index (χ4v) is 3.58. The number of anilines is 1. The van der Waals surface area contributed by atoms with Gasteiger partial charge in [0.25, 0.3) is 0 Å². The molecule has 0 radical (unpaired) electrons. The molecule has 28 heavy (non-hydrogen) atoms. The summed E-state index contributed by atoms with van der Waals surface area (Å²) in [6.45, 7) is 2.01. The number of aliphatic hydroxyl groups is 3. The molecule has 1 aliphatic heterocycles. The van der Waals surface area contributed by atoms with Crippen LogP contribution in [-0.2, 0) is 14.3 Å². The first kappa shape index (κ1) is 21.0. The number of hydrogen-bond donors (Lipinski definition) is 4.